The van der Waals surface area contributed by atoms with E-state index in [4.69, 9.17) is 11.6 Å². The highest BCUT2D eigenvalue weighted by atomic mass is 35.5. The molecular formula is C11H10ClN3O4S2. The zero-order valence-corrected chi connectivity index (χ0v) is 13.1. The van der Waals surface area contributed by atoms with Gasteiger partial charge in [-0.15, -0.1) is 0 Å². The second kappa shape index (κ2) is 6.06. The number of aromatic nitrogens is 1. The molecule has 0 aliphatic carbocycles. The molecule has 0 saturated heterocycles. The van der Waals surface area contributed by atoms with Gasteiger partial charge in [0.15, 0.2) is 8.68 Å². The SMILES string of the molecule is Cc1nc(Cl)sc1S(=O)(=O)NCc1cccc([N+](=O)[O-])c1. The third-order valence-corrected chi connectivity index (χ3v) is 5.83. The molecule has 0 spiro atoms. The van der Waals surface area contributed by atoms with Crippen LogP contribution in [-0.2, 0) is 16.6 Å². The topological polar surface area (TPSA) is 102 Å². The van der Waals surface area contributed by atoms with Crippen molar-refractivity contribution in [2.75, 3.05) is 0 Å². The molecule has 2 rings (SSSR count). The second-order valence-electron chi connectivity index (χ2n) is 4.09. The number of hydrogen-bond donors (Lipinski definition) is 1. The highest BCUT2D eigenvalue weighted by Crippen LogP contribution is 2.26. The van der Waals surface area contributed by atoms with Gasteiger partial charge in [-0.25, -0.2) is 18.1 Å². The van der Waals surface area contributed by atoms with Crippen LogP contribution in [0, 0.1) is 17.0 Å². The molecule has 1 heterocycles. The van der Waals surface area contributed by atoms with E-state index in [1.165, 1.54) is 18.2 Å². The van der Waals surface area contributed by atoms with Crippen molar-refractivity contribution in [3.05, 3.63) is 50.1 Å². The van der Waals surface area contributed by atoms with Gasteiger partial charge in [0, 0.05) is 18.7 Å². The molecule has 0 saturated carbocycles. The number of halogens is 1. The van der Waals surface area contributed by atoms with Gasteiger partial charge in [-0.05, 0) is 12.5 Å². The van der Waals surface area contributed by atoms with Crippen molar-refractivity contribution >= 4 is 38.6 Å². The van der Waals surface area contributed by atoms with Crippen molar-refractivity contribution in [2.24, 2.45) is 0 Å². The maximum atomic E-state index is 12.1. The van der Waals surface area contributed by atoms with Crippen molar-refractivity contribution in [3.63, 3.8) is 0 Å². The van der Waals surface area contributed by atoms with Gasteiger partial charge < -0.3 is 0 Å². The number of sulfonamides is 1. The number of nitro benzene ring substituents is 1. The molecule has 10 heteroatoms. The molecular weight excluding hydrogens is 338 g/mol. The Morgan fingerprint density at radius 2 is 2.19 bits per heavy atom. The number of rotatable bonds is 5. The maximum Gasteiger partial charge on any atom is 0.269 e. The number of thiazole rings is 1. The summed E-state index contributed by atoms with van der Waals surface area (Å²) in [5.41, 5.74) is 0.710. The van der Waals surface area contributed by atoms with E-state index in [1.54, 1.807) is 13.0 Å². The number of nitro groups is 1. The minimum absolute atomic E-state index is 0.0398. The molecule has 0 aliphatic rings. The first-order valence-electron chi connectivity index (χ1n) is 5.65. The summed E-state index contributed by atoms with van der Waals surface area (Å²) in [7, 11) is -3.75. The number of non-ortho nitro benzene ring substituents is 1. The van der Waals surface area contributed by atoms with Gasteiger partial charge >= 0.3 is 0 Å². The van der Waals surface area contributed by atoms with Gasteiger partial charge in [0.05, 0.1) is 10.6 Å². The monoisotopic (exact) mass is 347 g/mol. The van der Waals surface area contributed by atoms with Crippen LogP contribution in [0.25, 0.3) is 0 Å². The largest absolute Gasteiger partial charge is 0.269 e. The van der Waals surface area contributed by atoms with Crippen molar-refractivity contribution < 1.29 is 13.3 Å². The molecule has 21 heavy (non-hydrogen) atoms. The van der Waals surface area contributed by atoms with E-state index in [1.807, 2.05) is 0 Å². The quantitative estimate of drug-likeness (QED) is 0.661. The molecule has 0 bridgehead atoms. The Hall–Kier alpha value is -1.55. The molecule has 1 N–H and O–H groups in total. The normalized spacial score (nSPS) is 11.5. The first-order valence-corrected chi connectivity index (χ1v) is 8.33. The molecule has 0 radical (unpaired) electrons. The van der Waals surface area contributed by atoms with Crippen molar-refractivity contribution in [3.8, 4) is 0 Å². The lowest BCUT2D eigenvalue weighted by atomic mass is 10.2. The van der Waals surface area contributed by atoms with Crippen LogP contribution in [0.5, 0.6) is 0 Å². The fourth-order valence-electron chi connectivity index (χ4n) is 1.62. The van der Waals surface area contributed by atoms with E-state index >= 15 is 0 Å². The van der Waals surface area contributed by atoms with E-state index in [-0.39, 0.29) is 20.9 Å². The second-order valence-corrected chi connectivity index (χ2v) is 7.63. The Morgan fingerprint density at radius 3 is 2.76 bits per heavy atom. The number of benzene rings is 1. The molecule has 0 unspecified atom stereocenters. The summed E-state index contributed by atoms with van der Waals surface area (Å²) in [4.78, 5) is 14.0. The molecule has 112 valence electrons. The minimum atomic E-state index is -3.75. The Morgan fingerprint density at radius 1 is 1.48 bits per heavy atom. The van der Waals surface area contributed by atoms with Gasteiger partial charge in [-0.1, -0.05) is 35.1 Å². The number of nitrogens with one attached hydrogen (secondary N) is 1. The van der Waals surface area contributed by atoms with Gasteiger partial charge in [0.25, 0.3) is 15.7 Å². The van der Waals surface area contributed by atoms with Crippen LogP contribution < -0.4 is 4.72 Å². The van der Waals surface area contributed by atoms with Crippen LogP contribution in [0.1, 0.15) is 11.3 Å². The lowest BCUT2D eigenvalue weighted by Crippen LogP contribution is -2.23. The average molecular weight is 348 g/mol. The first kappa shape index (κ1) is 15.8. The molecule has 2 aromatic rings. The number of hydrogen-bond acceptors (Lipinski definition) is 6. The van der Waals surface area contributed by atoms with Gasteiger partial charge in [-0.2, -0.15) is 0 Å². The molecule has 0 amide bonds. The van der Waals surface area contributed by atoms with Gasteiger partial charge in [-0.3, -0.25) is 10.1 Å². The fourth-order valence-corrected chi connectivity index (χ4v) is 4.42. The molecule has 1 aromatic carbocycles. The summed E-state index contributed by atoms with van der Waals surface area (Å²) in [6, 6.07) is 5.75. The zero-order chi connectivity index (χ0) is 15.6. The van der Waals surface area contributed by atoms with E-state index in [0.29, 0.717) is 11.3 Å². The Balaban J connectivity index is 2.17. The lowest BCUT2D eigenvalue weighted by Gasteiger charge is -2.05. The molecule has 0 aliphatic heterocycles. The Labute approximate surface area is 129 Å². The van der Waals surface area contributed by atoms with E-state index in [9.17, 15) is 18.5 Å². The highest BCUT2D eigenvalue weighted by molar-refractivity contribution is 7.91. The molecule has 7 nitrogen and oxygen atoms in total. The van der Waals surface area contributed by atoms with Gasteiger partial charge in [0.2, 0.25) is 0 Å². The average Bonchev–Trinajstić information content (AvgIpc) is 2.77. The highest BCUT2D eigenvalue weighted by Gasteiger charge is 2.21. The van der Waals surface area contributed by atoms with Gasteiger partial charge in [0.1, 0.15) is 0 Å². The predicted octanol–water partition coefficient (Wildman–Crippen LogP) is 2.49. The Kier molecular flexibility index (Phi) is 4.57. The van der Waals surface area contributed by atoms with Crippen LogP contribution in [0.4, 0.5) is 5.69 Å². The van der Waals surface area contributed by atoms with Crippen LogP contribution in [0.2, 0.25) is 4.47 Å². The lowest BCUT2D eigenvalue weighted by molar-refractivity contribution is -0.384. The van der Waals surface area contributed by atoms with Crippen LogP contribution in [-0.4, -0.2) is 18.3 Å². The van der Waals surface area contributed by atoms with Crippen LogP contribution >= 0.6 is 22.9 Å². The maximum absolute atomic E-state index is 12.1. The summed E-state index contributed by atoms with van der Waals surface area (Å²) >= 11 is 6.54. The molecule has 1 aromatic heterocycles. The Bertz CT molecular complexity index is 789. The summed E-state index contributed by atoms with van der Waals surface area (Å²) in [5, 5.41) is 10.7. The van der Waals surface area contributed by atoms with Crippen molar-refractivity contribution in [1.29, 1.82) is 0 Å². The minimum Gasteiger partial charge on any atom is -0.258 e. The van der Waals surface area contributed by atoms with Crippen molar-refractivity contribution in [1.82, 2.24) is 9.71 Å². The molecule has 0 atom stereocenters. The van der Waals surface area contributed by atoms with Crippen LogP contribution in [0.3, 0.4) is 0 Å². The summed E-state index contributed by atoms with van der Waals surface area (Å²) < 4.78 is 26.8. The molecule has 0 fully saturated rings. The smallest absolute Gasteiger partial charge is 0.258 e. The van der Waals surface area contributed by atoms with E-state index in [2.05, 4.69) is 9.71 Å². The first-order chi connectivity index (χ1) is 9.79. The number of nitrogens with zero attached hydrogens (tertiary/aromatic N) is 2. The third-order valence-electron chi connectivity index (χ3n) is 2.56. The summed E-state index contributed by atoms with van der Waals surface area (Å²) in [5.74, 6) is 0. The van der Waals surface area contributed by atoms with E-state index in [0.717, 1.165) is 11.3 Å². The predicted molar refractivity (Wildman–Crippen MR) is 79.0 cm³/mol. The third kappa shape index (κ3) is 3.76. The fraction of sp³-hybridized carbons (Fsp3) is 0.182. The number of aryl methyl sites for hydroxylation is 1. The van der Waals surface area contributed by atoms with E-state index < -0.39 is 14.9 Å². The van der Waals surface area contributed by atoms with Crippen molar-refractivity contribution in [2.45, 2.75) is 17.7 Å². The van der Waals surface area contributed by atoms with Crippen LogP contribution in [0.15, 0.2) is 28.5 Å². The summed E-state index contributed by atoms with van der Waals surface area (Å²) in [6.07, 6.45) is 0. The zero-order valence-electron chi connectivity index (χ0n) is 10.7. The summed E-state index contributed by atoms with van der Waals surface area (Å²) in [6.45, 7) is 1.49. The standard InChI is InChI=1S/C11H10ClN3O4S2/c1-7-10(20-11(12)14-7)21(18,19)13-6-8-3-2-4-9(5-8)15(16)17/h2-5,13H,6H2,1H3.